The van der Waals surface area contributed by atoms with Crippen molar-refractivity contribution in [1.29, 1.82) is 0 Å². The molecule has 3 N–H and O–H groups in total. The smallest absolute Gasteiger partial charge is 0.407 e. The van der Waals surface area contributed by atoms with Gasteiger partial charge in [-0.15, -0.1) is 0 Å². The van der Waals surface area contributed by atoms with E-state index in [-0.39, 0.29) is 12.1 Å². The molecule has 0 atom stereocenters. The maximum absolute atomic E-state index is 11.9. The van der Waals surface area contributed by atoms with Gasteiger partial charge in [-0.1, -0.05) is 30.3 Å². The van der Waals surface area contributed by atoms with Gasteiger partial charge in [0.25, 0.3) is 0 Å². The van der Waals surface area contributed by atoms with Crippen molar-refractivity contribution in [2.45, 2.75) is 77.7 Å². The molecule has 0 spiro atoms. The van der Waals surface area contributed by atoms with Gasteiger partial charge in [0.1, 0.15) is 5.60 Å². The van der Waals surface area contributed by atoms with E-state index in [1.807, 2.05) is 39.0 Å². The highest BCUT2D eigenvalue weighted by Gasteiger charge is 2.25. The summed E-state index contributed by atoms with van der Waals surface area (Å²) >= 11 is 0. The van der Waals surface area contributed by atoms with E-state index >= 15 is 0 Å². The Morgan fingerprint density at radius 1 is 1.07 bits per heavy atom. The van der Waals surface area contributed by atoms with Gasteiger partial charge in [-0.05, 0) is 58.9 Å². The fraction of sp³-hybridized carbons (Fsp3) is 0.652. The number of carbonyl (C=O) groups excluding carboxylic acids is 1. The Kier molecular flexibility index (Phi) is 9.94. The molecule has 1 aliphatic rings. The summed E-state index contributed by atoms with van der Waals surface area (Å²) in [5.74, 6) is 0.823. The molecular weight excluding hydrogens is 380 g/mol. The van der Waals surface area contributed by atoms with Crippen molar-refractivity contribution >= 4 is 12.1 Å². The van der Waals surface area contributed by atoms with Gasteiger partial charge in [-0.3, -0.25) is 4.99 Å². The summed E-state index contributed by atoms with van der Waals surface area (Å²) < 4.78 is 11.1. The van der Waals surface area contributed by atoms with Gasteiger partial charge in [0.2, 0.25) is 0 Å². The van der Waals surface area contributed by atoms with Crippen LogP contribution < -0.4 is 16.0 Å². The first-order valence-corrected chi connectivity index (χ1v) is 11.0. The first-order chi connectivity index (χ1) is 14.4. The van der Waals surface area contributed by atoms with Gasteiger partial charge >= 0.3 is 6.09 Å². The molecule has 0 saturated heterocycles. The number of hydrogen-bond acceptors (Lipinski definition) is 4. The number of alkyl carbamates (subject to hydrolysis) is 1. The van der Waals surface area contributed by atoms with Crippen LogP contribution in [0, 0.1) is 0 Å². The van der Waals surface area contributed by atoms with Crippen LogP contribution in [0.2, 0.25) is 0 Å². The minimum Gasteiger partial charge on any atom is -0.444 e. The second-order valence-electron chi connectivity index (χ2n) is 8.64. The topological polar surface area (TPSA) is 84.0 Å². The molecule has 7 nitrogen and oxygen atoms in total. The molecule has 0 aliphatic heterocycles. The Hall–Kier alpha value is -2.28. The molecule has 168 valence electrons. The van der Waals surface area contributed by atoms with E-state index in [9.17, 15) is 4.79 Å². The Bertz CT molecular complexity index is 650. The Morgan fingerprint density at radius 2 is 1.70 bits per heavy atom. The lowest BCUT2D eigenvalue weighted by molar-refractivity contribution is 0.0490. The summed E-state index contributed by atoms with van der Waals surface area (Å²) in [6, 6.07) is 10.7. The van der Waals surface area contributed by atoms with E-state index in [0.29, 0.717) is 25.8 Å². The molecule has 1 aromatic rings. The molecule has 0 unspecified atom stereocenters. The minimum absolute atomic E-state index is 0.170. The predicted molar refractivity (Wildman–Crippen MR) is 121 cm³/mol. The van der Waals surface area contributed by atoms with Crippen molar-refractivity contribution in [3.8, 4) is 0 Å². The van der Waals surface area contributed by atoms with Crippen molar-refractivity contribution in [3.63, 3.8) is 0 Å². The van der Waals surface area contributed by atoms with Gasteiger partial charge in [-0.25, -0.2) is 4.79 Å². The number of carbonyl (C=O) groups is 1. The van der Waals surface area contributed by atoms with Crippen molar-refractivity contribution < 1.29 is 14.3 Å². The van der Waals surface area contributed by atoms with Crippen LogP contribution in [0.1, 0.15) is 58.9 Å². The first-order valence-electron chi connectivity index (χ1n) is 11.0. The number of amides is 1. The van der Waals surface area contributed by atoms with E-state index in [0.717, 1.165) is 38.2 Å². The maximum Gasteiger partial charge on any atom is 0.407 e. The van der Waals surface area contributed by atoms with Gasteiger partial charge in [0.15, 0.2) is 5.96 Å². The highest BCUT2D eigenvalue weighted by Crippen LogP contribution is 2.19. The third-order valence-electron chi connectivity index (χ3n) is 4.75. The van der Waals surface area contributed by atoms with Crippen LogP contribution in [0.4, 0.5) is 4.79 Å². The van der Waals surface area contributed by atoms with Gasteiger partial charge in [0.05, 0.1) is 19.8 Å². The average Bonchev–Trinajstić information content (AvgIpc) is 2.68. The fourth-order valence-corrected chi connectivity index (χ4v) is 3.36. The quantitative estimate of drug-likeness (QED) is 0.341. The Balaban J connectivity index is 1.68. The zero-order valence-electron chi connectivity index (χ0n) is 18.9. The van der Waals surface area contributed by atoms with Gasteiger partial charge in [0, 0.05) is 18.6 Å². The highest BCUT2D eigenvalue weighted by molar-refractivity contribution is 5.80. The van der Waals surface area contributed by atoms with Crippen molar-refractivity contribution in [1.82, 2.24) is 16.0 Å². The standard InChI is InChI=1S/C23H38N4O3/c1-5-24-21(25-15-16-29-17-18-9-7-6-8-10-18)26-19-11-13-20(14-12-19)27-22(28)30-23(2,3)4/h6-10,19-20H,5,11-17H2,1-4H3,(H,27,28)(H2,24,25,26). The number of benzene rings is 1. The molecule has 0 aromatic heterocycles. The average molecular weight is 419 g/mol. The fourth-order valence-electron chi connectivity index (χ4n) is 3.36. The maximum atomic E-state index is 11.9. The molecule has 1 aromatic carbocycles. The van der Waals surface area contributed by atoms with Crippen molar-refractivity contribution in [2.24, 2.45) is 4.99 Å². The second kappa shape index (κ2) is 12.4. The lowest BCUT2D eigenvalue weighted by Crippen LogP contribution is -2.48. The summed E-state index contributed by atoms with van der Waals surface area (Å²) in [4.78, 5) is 16.6. The number of guanidine groups is 1. The summed E-state index contributed by atoms with van der Waals surface area (Å²) in [7, 11) is 0. The summed E-state index contributed by atoms with van der Waals surface area (Å²) in [5, 5.41) is 9.80. The van der Waals surface area contributed by atoms with Crippen LogP contribution in [-0.4, -0.2) is 49.4 Å². The molecule has 1 saturated carbocycles. The van der Waals surface area contributed by atoms with E-state index in [1.165, 1.54) is 5.56 Å². The lowest BCUT2D eigenvalue weighted by Gasteiger charge is -2.31. The predicted octanol–water partition coefficient (Wildman–Crippen LogP) is 3.59. The van der Waals surface area contributed by atoms with Crippen molar-refractivity contribution in [3.05, 3.63) is 35.9 Å². The van der Waals surface area contributed by atoms with Gasteiger partial charge in [-0.2, -0.15) is 0 Å². The molecule has 1 amide bonds. The van der Waals surface area contributed by atoms with Crippen LogP contribution >= 0.6 is 0 Å². The van der Waals surface area contributed by atoms with E-state index in [4.69, 9.17) is 9.47 Å². The Labute approximate surface area is 181 Å². The Morgan fingerprint density at radius 3 is 2.30 bits per heavy atom. The minimum atomic E-state index is -0.467. The molecule has 0 radical (unpaired) electrons. The SMILES string of the molecule is CCNC(=NCCOCc1ccccc1)NC1CCC(NC(=O)OC(C)(C)C)CC1. The normalized spacial score (nSPS) is 19.8. The zero-order valence-corrected chi connectivity index (χ0v) is 18.9. The van der Waals surface area contributed by atoms with Crippen LogP contribution in [0.3, 0.4) is 0 Å². The van der Waals surface area contributed by atoms with Crippen LogP contribution in [-0.2, 0) is 16.1 Å². The molecule has 2 rings (SSSR count). The van der Waals surface area contributed by atoms with Crippen molar-refractivity contribution in [2.75, 3.05) is 19.7 Å². The number of nitrogens with one attached hydrogen (secondary N) is 3. The largest absolute Gasteiger partial charge is 0.444 e. The van der Waals surface area contributed by atoms with Crippen LogP contribution in [0.5, 0.6) is 0 Å². The number of hydrogen-bond donors (Lipinski definition) is 3. The number of nitrogens with zero attached hydrogens (tertiary/aromatic N) is 1. The molecule has 7 heteroatoms. The number of aliphatic imine (C=N–C) groups is 1. The summed E-state index contributed by atoms with van der Waals surface area (Å²) in [5.41, 5.74) is 0.702. The molecule has 0 heterocycles. The monoisotopic (exact) mass is 418 g/mol. The first kappa shape index (κ1) is 24.0. The second-order valence-corrected chi connectivity index (χ2v) is 8.64. The zero-order chi connectivity index (χ0) is 21.8. The number of ether oxygens (including phenoxy) is 2. The van der Waals surface area contributed by atoms with E-state index in [1.54, 1.807) is 0 Å². The molecule has 0 bridgehead atoms. The molecular formula is C23H38N4O3. The summed E-state index contributed by atoms with van der Waals surface area (Å²) in [6.45, 7) is 10.3. The molecule has 1 aliphatic carbocycles. The van der Waals surface area contributed by atoms with Gasteiger partial charge < -0.3 is 25.4 Å². The number of rotatable bonds is 8. The van der Waals surface area contributed by atoms with E-state index < -0.39 is 5.60 Å². The third kappa shape index (κ3) is 9.96. The van der Waals surface area contributed by atoms with E-state index in [2.05, 4.69) is 40.0 Å². The lowest BCUT2D eigenvalue weighted by atomic mass is 9.91. The van der Waals surface area contributed by atoms with Crippen LogP contribution in [0.15, 0.2) is 35.3 Å². The molecule has 30 heavy (non-hydrogen) atoms. The van der Waals surface area contributed by atoms with Crippen LogP contribution in [0.25, 0.3) is 0 Å². The molecule has 1 fully saturated rings. The highest BCUT2D eigenvalue weighted by atomic mass is 16.6. The third-order valence-corrected chi connectivity index (χ3v) is 4.75. The summed E-state index contributed by atoms with van der Waals surface area (Å²) in [6.07, 6.45) is 3.49.